The van der Waals surface area contributed by atoms with Crippen molar-refractivity contribution in [2.24, 2.45) is 0 Å². The van der Waals surface area contributed by atoms with Gasteiger partial charge in [-0.05, 0) is 55.0 Å². The van der Waals surface area contributed by atoms with Gasteiger partial charge in [0.25, 0.3) is 5.91 Å². The maximum absolute atomic E-state index is 11.8. The van der Waals surface area contributed by atoms with Crippen LogP contribution in [0.2, 0.25) is 0 Å². The Kier molecular flexibility index (Phi) is 9.01. The average Bonchev–Trinajstić information content (AvgIpc) is 2.76. The highest BCUT2D eigenvalue weighted by molar-refractivity contribution is 7.80. The lowest BCUT2D eigenvalue weighted by atomic mass is 10.2. The van der Waals surface area contributed by atoms with Gasteiger partial charge in [0.05, 0.1) is 12.2 Å². The molecule has 30 heavy (non-hydrogen) atoms. The summed E-state index contributed by atoms with van der Waals surface area (Å²) in [5.41, 5.74) is 5.98. The largest absolute Gasteiger partial charge is 0.484 e. The molecule has 156 valence electrons. The van der Waals surface area contributed by atoms with Crippen LogP contribution in [0.5, 0.6) is 5.75 Å². The van der Waals surface area contributed by atoms with Crippen LogP contribution < -0.4 is 20.9 Å². The zero-order valence-electron chi connectivity index (χ0n) is 16.2. The summed E-state index contributed by atoms with van der Waals surface area (Å²) in [6.45, 7) is 1.71. The Labute approximate surface area is 179 Å². The molecule has 0 atom stereocenters. The summed E-state index contributed by atoms with van der Waals surface area (Å²) >= 11 is 4.94. The van der Waals surface area contributed by atoms with E-state index in [-0.39, 0.29) is 18.3 Å². The minimum Gasteiger partial charge on any atom is -0.484 e. The van der Waals surface area contributed by atoms with Crippen molar-refractivity contribution in [2.75, 3.05) is 13.2 Å². The van der Waals surface area contributed by atoms with Crippen LogP contribution in [0, 0.1) is 0 Å². The number of ether oxygens (including phenoxy) is 2. The Morgan fingerprint density at radius 3 is 2.37 bits per heavy atom. The second kappa shape index (κ2) is 12.0. The van der Waals surface area contributed by atoms with Crippen LogP contribution >= 0.6 is 12.2 Å². The van der Waals surface area contributed by atoms with Crippen molar-refractivity contribution in [1.82, 2.24) is 16.2 Å². The lowest BCUT2D eigenvalue weighted by Crippen LogP contribution is -2.49. The van der Waals surface area contributed by atoms with Gasteiger partial charge in [0, 0.05) is 6.08 Å². The molecule has 0 aliphatic carbocycles. The van der Waals surface area contributed by atoms with E-state index >= 15 is 0 Å². The number of hydrazine groups is 1. The molecule has 0 bridgehead atoms. The number of nitrogens with one attached hydrogen (secondary N) is 3. The van der Waals surface area contributed by atoms with Crippen molar-refractivity contribution >= 4 is 41.2 Å². The third kappa shape index (κ3) is 8.11. The van der Waals surface area contributed by atoms with Crippen molar-refractivity contribution in [3.8, 4) is 5.75 Å². The smallest absolute Gasteiger partial charge is 0.338 e. The first-order valence-corrected chi connectivity index (χ1v) is 9.41. The number of esters is 1. The van der Waals surface area contributed by atoms with Gasteiger partial charge in [0.15, 0.2) is 11.7 Å². The Morgan fingerprint density at radius 1 is 1.00 bits per heavy atom. The Morgan fingerprint density at radius 2 is 1.70 bits per heavy atom. The zero-order valence-corrected chi connectivity index (χ0v) is 17.0. The molecule has 2 aromatic rings. The predicted octanol–water partition coefficient (Wildman–Crippen LogP) is 1.98. The van der Waals surface area contributed by atoms with Gasteiger partial charge in [-0.15, -0.1) is 0 Å². The maximum Gasteiger partial charge on any atom is 0.338 e. The van der Waals surface area contributed by atoms with E-state index < -0.39 is 17.8 Å². The summed E-state index contributed by atoms with van der Waals surface area (Å²) in [5.74, 6) is -0.982. The number of amides is 2. The van der Waals surface area contributed by atoms with Gasteiger partial charge >= 0.3 is 5.97 Å². The number of hydrogen-bond acceptors (Lipinski definition) is 6. The first kappa shape index (κ1) is 22.6. The summed E-state index contributed by atoms with van der Waals surface area (Å²) < 4.78 is 10.2. The van der Waals surface area contributed by atoms with Gasteiger partial charge < -0.3 is 9.47 Å². The van der Waals surface area contributed by atoms with Crippen LogP contribution in [0.4, 0.5) is 0 Å². The van der Waals surface area contributed by atoms with Gasteiger partial charge in [-0.3, -0.25) is 25.8 Å². The van der Waals surface area contributed by atoms with Gasteiger partial charge in [0.1, 0.15) is 5.75 Å². The third-order valence-corrected chi connectivity index (χ3v) is 3.72. The highest BCUT2D eigenvalue weighted by atomic mass is 32.1. The van der Waals surface area contributed by atoms with Gasteiger partial charge in [0.2, 0.25) is 5.91 Å². The van der Waals surface area contributed by atoms with Crippen LogP contribution in [-0.2, 0) is 14.3 Å². The molecular weight excluding hydrogens is 406 g/mol. The van der Waals surface area contributed by atoms with E-state index in [0.717, 1.165) is 5.56 Å². The topological polar surface area (TPSA) is 106 Å². The molecule has 9 heteroatoms. The molecule has 0 aromatic heterocycles. The molecule has 0 unspecified atom stereocenters. The third-order valence-electron chi connectivity index (χ3n) is 3.51. The Balaban J connectivity index is 1.68. The molecule has 0 heterocycles. The molecule has 0 aliphatic rings. The summed E-state index contributed by atoms with van der Waals surface area (Å²) in [6, 6.07) is 15.5. The van der Waals surface area contributed by atoms with E-state index in [4.69, 9.17) is 21.7 Å². The van der Waals surface area contributed by atoms with E-state index in [1.807, 2.05) is 30.3 Å². The van der Waals surface area contributed by atoms with Gasteiger partial charge in [-0.25, -0.2) is 4.79 Å². The van der Waals surface area contributed by atoms with E-state index in [2.05, 4.69) is 16.2 Å². The van der Waals surface area contributed by atoms with Crippen molar-refractivity contribution in [3.05, 3.63) is 71.8 Å². The van der Waals surface area contributed by atoms with Crippen molar-refractivity contribution in [3.63, 3.8) is 0 Å². The van der Waals surface area contributed by atoms with E-state index in [9.17, 15) is 14.4 Å². The number of carbonyl (C=O) groups is 3. The van der Waals surface area contributed by atoms with Gasteiger partial charge in [-0.1, -0.05) is 30.3 Å². The normalized spacial score (nSPS) is 10.2. The fourth-order valence-electron chi connectivity index (χ4n) is 2.13. The lowest BCUT2D eigenvalue weighted by molar-refractivity contribution is -0.123. The van der Waals surface area contributed by atoms with E-state index in [1.54, 1.807) is 25.1 Å². The second-order valence-electron chi connectivity index (χ2n) is 5.77. The van der Waals surface area contributed by atoms with Crippen LogP contribution in [-0.4, -0.2) is 36.1 Å². The van der Waals surface area contributed by atoms with Crippen LogP contribution in [0.3, 0.4) is 0 Å². The van der Waals surface area contributed by atoms with E-state index in [0.29, 0.717) is 11.3 Å². The number of benzene rings is 2. The molecule has 2 aromatic carbocycles. The molecule has 0 aliphatic heterocycles. The molecule has 2 rings (SSSR count). The van der Waals surface area contributed by atoms with E-state index in [1.165, 1.54) is 18.2 Å². The van der Waals surface area contributed by atoms with Crippen molar-refractivity contribution in [2.45, 2.75) is 6.92 Å². The quantitative estimate of drug-likeness (QED) is 0.269. The molecule has 8 nitrogen and oxygen atoms in total. The monoisotopic (exact) mass is 427 g/mol. The second-order valence-corrected chi connectivity index (χ2v) is 6.18. The number of hydrogen-bond donors (Lipinski definition) is 3. The first-order chi connectivity index (χ1) is 14.5. The molecule has 0 spiro atoms. The molecule has 0 saturated carbocycles. The number of thiocarbonyl (C=S) groups is 1. The maximum atomic E-state index is 11.8. The molecule has 2 amide bonds. The van der Waals surface area contributed by atoms with Crippen molar-refractivity contribution in [1.29, 1.82) is 0 Å². The fourth-order valence-corrected chi connectivity index (χ4v) is 2.29. The predicted molar refractivity (Wildman–Crippen MR) is 115 cm³/mol. The SMILES string of the molecule is CCOC(=O)c1ccc(OCC(=O)NNC(=S)NC(=O)/C=C/c2ccccc2)cc1. The first-order valence-electron chi connectivity index (χ1n) is 9.01. The van der Waals surface area contributed by atoms with Gasteiger partial charge in [-0.2, -0.15) is 0 Å². The molecule has 3 N–H and O–H groups in total. The van der Waals surface area contributed by atoms with Crippen LogP contribution in [0.1, 0.15) is 22.8 Å². The standard InChI is InChI=1S/C21H21N3O5S/c1-2-28-20(27)16-9-11-17(12-10-16)29-14-19(26)23-24-21(30)22-18(25)13-8-15-6-4-3-5-7-15/h3-13H,2,14H2,1H3,(H,23,26)(H2,22,24,25,30)/b13-8+. The number of rotatable bonds is 7. The minimum absolute atomic E-state index is 0.0650. The molecule has 0 fully saturated rings. The summed E-state index contributed by atoms with van der Waals surface area (Å²) in [5, 5.41) is 2.34. The average molecular weight is 427 g/mol. The highest BCUT2D eigenvalue weighted by Crippen LogP contribution is 2.12. The molecule has 0 saturated heterocycles. The Hall–Kier alpha value is -3.72. The summed E-state index contributed by atoms with van der Waals surface area (Å²) in [7, 11) is 0. The summed E-state index contributed by atoms with van der Waals surface area (Å²) in [6.07, 6.45) is 2.96. The van der Waals surface area contributed by atoms with Crippen LogP contribution in [0.15, 0.2) is 60.7 Å². The summed E-state index contributed by atoms with van der Waals surface area (Å²) in [4.78, 5) is 35.2. The lowest BCUT2D eigenvalue weighted by Gasteiger charge is -2.10. The molecule has 0 radical (unpaired) electrons. The fraction of sp³-hybridized carbons (Fsp3) is 0.143. The highest BCUT2D eigenvalue weighted by Gasteiger charge is 2.08. The minimum atomic E-state index is -0.513. The van der Waals surface area contributed by atoms with Crippen molar-refractivity contribution < 1.29 is 23.9 Å². The Bertz CT molecular complexity index is 914. The molecular formula is C21H21N3O5S. The number of carbonyl (C=O) groups excluding carboxylic acids is 3. The van der Waals surface area contributed by atoms with Crippen LogP contribution in [0.25, 0.3) is 6.08 Å². The zero-order chi connectivity index (χ0) is 21.8.